The molecule has 0 aromatic carbocycles. The molecule has 0 saturated carbocycles. The largest absolute Gasteiger partial charge is 0.481 e. The maximum Gasteiger partial charge on any atom is 0.308 e. The van der Waals surface area contributed by atoms with E-state index in [-0.39, 0.29) is 11.3 Å². The minimum absolute atomic E-state index is 0.0862. The first-order valence-electron chi connectivity index (χ1n) is 4.68. The second-order valence-electron chi connectivity index (χ2n) is 4.18. The van der Waals surface area contributed by atoms with Crippen LogP contribution in [0.3, 0.4) is 0 Å². The van der Waals surface area contributed by atoms with Crippen molar-refractivity contribution in [1.29, 1.82) is 0 Å². The van der Waals surface area contributed by atoms with E-state index >= 15 is 0 Å². The summed E-state index contributed by atoms with van der Waals surface area (Å²) < 4.78 is 5.18. The molecule has 2 aliphatic heterocycles. The second kappa shape index (κ2) is 2.96. The lowest BCUT2D eigenvalue weighted by Gasteiger charge is -2.52. The molecule has 2 rings (SSSR count). The Kier molecular flexibility index (Phi) is 2.04. The van der Waals surface area contributed by atoms with Gasteiger partial charge in [0.1, 0.15) is 0 Å². The number of carbonyl (C=O) groups is 1. The molecule has 2 N–H and O–H groups in total. The van der Waals surface area contributed by atoms with Gasteiger partial charge in [-0.2, -0.15) is 0 Å². The third-order valence-corrected chi connectivity index (χ3v) is 3.51. The van der Waals surface area contributed by atoms with Crippen molar-refractivity contribution in [3.8, 4) is 0 Å². The minimum atomic E-state index is -0.692. The monoisotopic (exact) mass is 185 g/mol. The van der Waals surface area contributed by atoms with E-state index in [1.165, 1.54) is 0 Å². The van der Waals surface area contributed by atoms with Crippen molar-refractivity contribution in [2.45, 2.75) is 6.92 Å². The van der Waals surface area contributed by atoms with Crippen molar-refractivity contribution in [2.75, 3.05) is 26.3 Å². The molecule has 0 aromatic rings. The Morgan fingerprint density at radius 3 is 2.62 bits per heavy atom. The highest BCUT2D eigenvalue weighted by Crippen LogP contribution is 2.44. The number of carboxylic acid groups (broad SMARTS) is 1. The Hall–Kier alpha value is -0.610. The molecule has 0 radical (unpaired) electrons. The van der Waals surface area contributed by atoms with Crippen LogP contribution in [0.5, 0.6) is 0 Å². The van der Waals surface area contributed by atoms with E-state index in [0.717, 1.165) is 6.54 Å². The molecule has 4 nitrogen and oxygen atoms in total. The van der Waals surface area contributed by atoms with Gasteiger partial charge in [0, 0.05) is 12.0 Å². The van der Waals surface area contributed by atoms with Crippen LogP contribution in [0.1, 0.15) is 6.92 Å². The molecule has 2 fully saturated rings. The van der Waals surface area contributed by atoms with Crippen LogP contribution in [0.4, 0.5) is 0 Å². The van der Waals surface area contributed by atoms with E-state index < -0.39 is 5.97 Å². The number of hydrogen-bond donors (Lipinski definition) is 2. The fourth-order valence-corrected chi connectivity index (χ4v) is 2.35. The van der Waals surface area contributed by atoms with E-state index in [9.17, 15) is 4.79 Å². The van der Waals surface area contributed by atoms with Crippen molar-refractivity contribution in [3.63, 3.8) is 0 Å². The van der Waals surface area contributed by atoms with Crippen LogP contribution in [0.15, 0.2) is 0 Å². The zero-order valence-electron chi connectivity index (χ0n) is 7.75. The van der Waals surface area contributed by atoms with Gasteiger partial charge in [-0.25, -0.2) is 0 Å². The number of hydrogen-bond acceptors (Lipinski definition) is 3. The zero-order chi connectivity index (χ0) is 9.47. The second-order valence-corrected chi connectivity index (χ2v) is 4.18. The highest BCUT2D eigenvalue weighted by Gasteiger charge is 2.54. The van der Waals surface area contributed by atoms with Gasteiger partial charge in [0.05, 0.1) is 19.1 Å². The van der Waals surface area contributed by atoms with Gasteiger partial charge in [-0.1, -0.05) is 6.92 Å². The first-order chi connectivity index (χ1) is 6.17. The van der Waals surface area contributed by atoms with Crippen LogP contribution in [-0.4, -0.2) is 37.4 Å². The van der Waals surface area contributed by atoms with E-state index in [0.29, 0.717) is 25.7 Å². The molecular formula is C9H15NO3. The normalized spacial score (nSPS) is 37.0. The Morgan fingerprint density at radius 2 is 2.23 bits per heavy atom. The van der Waals surface area contributed by atoms with Crippen LogP contribution in [0.2, 0.25) is 0 Å². The Balaban J connectivity index is 2.19. The van der Waals surface area contributed by atoms with Crippen molar-refractivity contribution in [2.24, 2.45) is 17.3 Å². The van der Waals surface area contributed by atoms with Crippen molar-refractivity contribution in [1.82, 2.24) is 5.32 Å². The van der Waals surface area contributed by atoms with Gasteiger partial charge in [0.15, 0.2) is 0 Å². The first kappa shape index (κ1) is 8.97. The van der Waals surface area contributed by atoms with E-state index in [4.69, 9.17) is 9.84 Å². The maximum absolute atomic E-state index is 11.0. The van der Waals surface area contributed by atoms with Crippen LogP contribution < -0.4 is 5.32 Å². The number of aliphatic carboxylic acids is 1. The molecule has 74 valence electrons. The first-order valence-corrected chi connectivity index (χ1v) is 4.68. The smallest absolute Gasteiger partial charge is 0.308 e. The molecule has 2 aliphatic rings. The van der Waals surface area contributed by atoms with Crippen LogP contribution in [0, 0.1) is 17.3 Å². The molecule has 2 unspecified atom stereocenters. The van der Waals surface area contributed by atoms with Gasteiger partial charge in [-0.3, -0.25) is 4.79 Å². The predicted octanol–water partition coefficient (Wildman–Crippen LogP) is -0.0569. The Bertz CT molecular complexity index is 225. The van der Waals surface area contributed by atoms with E-state index in [1.54, 1.807) is 0 Å². The van der Waals surface area contributed by atoms with Gasteiger partial charge in [0.25, 0.3) is 0 Å². The lowest BCUT2D eigenvalue weighted by Crippen LogP contribution is -2.62. The fraction of sp³-hybridized carbons (Fsp3) is 0.889. The topological polar surface area (TPSA) is 58.6 Å². The summed E-state index contributed by atoms with van der Waals surface area (Å²) in [5.41, 5.74) is -0.0862. The van der Waals surface area contributed by atoms with Gasteiger partial charge in [0.2, 0.25) is 0 Å². The molecule has 2 saturated heterocycles. The lowest BCUT2D eigenvalue weighted by molar-refractivity contribution is -0.197. The average Bonchev–Trinajstić information content (AvgIpc) is 2.00. The van der Waals surface area contributed by atoms with E-state index in [2.05, 4.69) is 12.2 Å². The molecule has 0 bridgehead atoms. The molecular weight excluding hydrogens is 170 g/mol. The van der Waals surface area contributed by atoms with Crippen LogP contribution in [0.25, 0.3) is 0 Å². The summed E-state index contributed by atoms with van der Waals surface area (Å²) in [6, 6.07) is 0. The molecule has 13 heavy (non-hydrogen) atoms. The summed E-state index contributed by atoms with van der Waals surface area (Å²) in [6.07, 6.45) is 0. The molecule has 0 amide bonds. The summed E-state index contributed by atoms with van der Waals surface area (Å²) in [6.45, 7) is 4.83. The molecule has 4 heteroatoms. The predicted molar refractivity (Wildman–Crippen MR) is 46.4 cm³/mol. The van der Waals surface area contributed by atoms with Crippen LogP contribution >= 0.6 is 0 Å². The van der Waals surface area contributed by atoms with Gasteiger partial charge >= 0.3 is 5.97 Å². The molecule has 2 heterocycles. The quantitative estimate of drug-likeness (QED) is 0.601. The third kappa shape index (κ3) is 1.16. The Morgan fingerprint density at radius 1 is 1.54 bits per heavy atom. The van der Waals surface area contributed by atoms with Crippen molar-refractivity contribution in [3.05, 3.63) is 0 Å². The number of ether oxygens (including phenoxy) is 1. The standard InChI is InChI=1S/C9H15NO3/c1-6-2-10-3-7(8(11)12)9(6)4-13-5-9/h6-7,10H,2-5H2,1H3,(H,11,12). The summed E-state index contributed by atoms with van der Waals surface area (Å²) in [4.78, 5) is 11.0. The zero-order valence-corrected chi connectivity index (χ0v) is 7.75. The average molecular weight is 185 g/mol. The lowest BCUT2D eigenvalue weighted by atomic mass is 9.63. The molecule has 0 aliphatic carbocycles. The Labute approximate surface area is 77.3 Å². The van der Waals surface area contributed by atoms with E-state index in [1.807, 2.05) is 0 Å². The maximum atomic E-state index is 11.0. The minimum Gasteiger partial charge on any atom is -0.481 e. The van der Waals surface area contributed by atoms with Gasteiger partial charge in [-0.15, -0.1) is 0 Å². The summed E-state index contributed by atoms with van der Waals surface area (Å²) in [7, 11) is 0. The number of rotatable bonds is 1. The SMILES string of the molecule is CC1CNCC(C(=O)O)C12COC2. The number of carboxylic acids is 1. The summed E-state index contributed by atoms with van der Waals surface area (Å²) >= 11 is 0. The van der Waals surface area contributed by atoms with Gasteiger partial charge < -0.3 is 15.2 Å². The fourth-order valence-electron chi connectivity index (χ4n) is 2.35. The summed E-state index contributed by atoms with van der Waals surface area (Å²) in [5, 5.41) is 12.2. The number of piperidine rings is 1. The van der Waals surface area contributed by atoms with Crippen LogP contribution in [-0.2, 0) is 9.53 Å². The highest BCUT2D eigenvalue weighted by molar-refractivity contribution is 5.72. The molecule has 2 atom stereocenters. The molecule has 0 aromatic heterocycles. The van der Waals surface area contributed by atoms with Crippen molar-refractivity contribution < 1.29 is 14.6 Å². The van der Waals surface area contributed by atoms with Gasteiger partial charge in [-0.05, 0) is 12.5 Å². The van der Waals surface area contributed by atoms with Crippen molar-refractivity contribution >= 4 is 5.97 Å². The third-order valence-electron chi connectivity index (χ3n) is 3.51. The molecule has 1 spiro atoms. The highest BCUT2D eigenvalue weighted by atomic mass is 16.5. The summed E-state index contributed by atoms with van der Waals surface area (Å²) in [5.74, 6) is -0.566. The number of nitrogens with one attached hydrogen (secondary N) is 1.